The first-order valence-electron chi connectivity index (χ1n) is 9.75. The van der Waals surface area contributed by atoms with Gasteiger partial charge in [-0.15, -0.1) is 0 Å². The van der Waals surface area contributed by atoms with Crippen molar-refractivity contribution in [1.29, 1.82) is 0 Å². The van der Waals surface area contributed by atoms with Gasteiger partial charge in [-0.05, 0) is 30.6 Å². The van der Waals surface area contributed by atoms with Gasteiger partial charge in [-0.3, -0.25) is 0 Å². The van der Waals surface area contributed by atoms with Gasteiger partial charge in [-0.25, -0.2) is 0 Å². The summed E-state index contributed by atoms with van der Waals surface area (Å²) in [6, 6.07) is 31.2. The monoisotopic (exact) mass is 366 g/mol. The average molecular weight is 367 g/mol. The molecule has 4 rings (SSSR count). The molecule has 3 aromatic rings. The van der Waals surface area contributed by atoms with Crippen molar-refractivity contribution in [3.63, 3.8) is 0 Å². The maximum absolute atomic E-state index is 2.53. The number of allylic oxidation sites excluding steroid dienone is 4. The maximum atomic E-state index is 2.53. The molecule has 1 aliphatic rings. The standard InChI is InChI=1S/C26H26Si/c1-19-14-16-22(17-15-19)26-20(2)18-25(21(26)3)27(23-10-6-4-7-11-23)24-12-8-5-9-13-24/h4-18,20,27H,1-3H3. The molecule has 1 heteroatoms. The minimum absolute atomic E-state index is 0.463. The summed E-state index contributed by atoms with van der Waals surface area (Å²) in [5.74, 6) is 0.463. The Labute approximate surface area is 164 Å². The smallest absolute Gasteiger partial charge is 0.0772 e. The Morgan fingerprint density at radius 3 is 1.70 bits per heavy atom. The number of hydrogen-bond donors (Lipinski definition) is 0. The summed E-state index contributed by atoms with van der Waals surface area (Å²) < 4.78 is 0. The van der Waals surface area contributed by atoms with Crippen molar-refractivity contribution in [3.8, 4) is 0 Å². The van der Waals surface area contributed by atoms with Gasteiger partial charge in [0.05, 0.1) is 0 Å². The number of rotatable bonds is 4. The van der Waals surface area contributed by atoms with Crippen LogP contribution in [0.1, 0.15) is 25.0 Å². The van der Waals surface area contributed by atoms with Crippen molar-refractivity contribution in [2.24, 2.45) is 5.92 Å². The molecule has 0 heterocycles. The molecule has 0 fully saturated rings. The van der Waals surface area contributed by atoms with E-state index in [-0.39, 0.29) is 0 Å². The fourth-order valence-corrected chi connectivity index (χ4v) is 7.73. The second-order valence-electron chi connectivity index (χ2n) is 7.57. The summed E-state index contributed by atoms with van der Waals surface area (Å²) in [7, 11) is -1.47. The minimum atomic E-state index is -1.47. The lowest BCUT2D eigenvalue weighted by Crippen LogP contribution is -2.44. The van der Waals surface area contributed by atoms with Crippen LogP contribution in [0.3, 0.4) is 0 Å². The van der Waals surface area contributed by atoms with Gasteiger partial charge >= 0.3 is 0 Å². The van der Waals surface area contributed by atoms with Gasteiger partial charge in [0.15, 0.2) is 0 Å². The molecule has 0 amide bonds. The second-order valence-corrected chi connectivity index (χ2v) is 10.4. The van der Waals surface area contributed by atoms with Gasteiger partial charge in [0.2, 0.25) is 0 Å². The van der Waals surface area contributed by atoms with E-state index in [0.29, 0.717) is 5.92 Å². The van der Waals surface area contributed by atoms with Gasteiger partial charge < -0.3 is 0 Å². The van der Waals surface area contributed by atoms with E-state index >= 15 is 0 Å². The first kappa shape index (κ1) is 17.8. The summed E-state index contributed by atoms with van der Waals surface area (Å²) in [5.41, 5.74) is 5.66. The zero-order chi connectivity index (χ0) is 18.8. The molecule has 3 aromatic carbocycles. The lowest BCUT2D eigenvalue weighted by molar-refractivity contribution is 0.977. The van der Waals surface area contributed by atoms with Crippen molar-refractivity contribution in [3.05, 3.63) is 113 Å². The number of aryl methyl sites for hydroxylation is 1. The Balaban J connectivity index is 1.83. The van der Waals surface area contributed by atoms with E-state index in [1.807, 2.05) is 0 Å². The molecule has 0 saturated carbocycles. The molecule has 0 aliphatic heterocycles. The maximum Gasteiger partial charge on any atom is 0.132 e. The summed E-state index contributed by atoms with van der Waals surface area (Å²) in [6.07, 6.45) is 2.53. The predicted octanol–water partition coefficient (Wildman–Crippen LogP) is 4.93. The normalized spacial score (nSPS) is 16.7. The number of hydrogen-bond acceptors (Lipinski definition) is 0. The van der Waals surface area contributed by atoms with Crippen LogP contribution in [0, 0.1) is 12.8 Å². The van der Waals surface area contributed by atoms with Crippen molar-refractivity contribution < 1.29 is 0 Å². The lowest BCUT2D eigenvalue weighted by Gasteiger charge is -2.20. The highest BCUT2D eigenvalue weighted by Crippen LogP contribution is 2.38. The van der Waals surface area contributed by atoms with Gasteiger partial charge in [0, 0.05) is 5.92 Å². The van der Waals surface area contributed by atoms with Crippen LogP contribution in [0.4, 0.5) is 0 Å². The molecule has 1 atom stereocenters. The topological polar surface area (TPSA) is 0 Å². The fraction of sp³-hybridized carbons (Fsp3) is 0.154. The van der Waals surface area contributed by atoms with Crippen LogP contribution < -0.4 is 10.4 Å². The molecule has 0 radical (unpaired) electrons. The van der Waals surface area contributed by atoms with Gasteiger partial charge in [-0.1, -0.05) is 119 Å². The van der Waals surface area contributed by atoms with E-state index in [1.54, 1.807) is 5.20 Å². The van der Waals surface area contributed by atoms with E-state index in [2.05, 4.69) is 112 Å². The Bertz CT molecular complexity index is 940. The molecule has 0 aromatic heterocycles. The Morgan fingerprint density at radius 2 is 1.19 bits per heavy atom. The van der Waals surface area contributed by atoms with Gasteiger partial charge in [0.1, 0.15) is 8.80 Å². The first-order valence-corrected chi connectivity index (χ1v) is 11.5. The van der Waals surface area contributed by atoms with Crippen LogP contribution in [0.5, 0.6) is 0 Å². The molecule has 1 aliphatic carbocycles. The largest absolute Gasteiger partial charge is 0.132 e. The van der Waals surface area contributed by atoms with E-state index in [9.17, 15) is 0 Å². The molecule has 0 spiro atoms. The van der Waals surface area contributed by atoms with E-state index < -0.39 is 8.80 Å². The van der Waals surface area contributed by atoms with Crippen LogP contribution in [0.2, 0.25) is 0 Å². The molecule has 27 heavy (non-hydrogen) atoms. The quantitative estimate of drug-likeness (QED) is 0.575. The fourth-order valence-electron chi connectivity index (χ4n) is 4.34. The zero-order valence-corrected chi connectivity index (χ0v) is 17.5. The van der Waals surface area contributed by atoms with Crippen LogP contribution in [-0.4, -0.2) is 8.80 Å². The summed E-state index contributed by atoms with van der Waals surface area (Å²) >= 11 is 0. The summed E-state index contributed by atoms with van der Waals surface area (Å²) in [6.45, 7) is 6.82. The highest BCUT2D eigenvalue weighted by molar-refractivity contribution is 6.91. The van der Waals surface area contributed by atoms with Crippen molar-refractivity contribution in [1.82, 2.24) is 0 Å². The minimum Gasteiger partial charge on any atom is -0.0772 e. The third-order valence-corrected chi connectivity index (χ3v) is 9.01. The van der Waals surface area contributed by atoms with Crippen LogP contribution >= 0.6 is 0 Å². The highest BCUT2D eigenvalue weighted by atomic mass is 28.3. The first-order chi connectivity index (χ1) is 13.1. The molecule has 0 saturated heterocycles. The average Bonchev–Trinajstić information content (AvgIpc) is 2.99. The van der Waals surface area contributed by atoms with Gasteiger partial charge in [-0.2, -0.15) is 0 Å². The third-order valence-electron chi connectivity index (χ3n) is 5.66. The number of benzene rings is 3. The molecular formula is C26H26Si. The van der Waals surface area contributed by atoms with Gasteiger partial charge in [0.25, 0.3) is 0 Å². The molecule has 0 N–H and O–H groups in total. The van der Waals surface area contributed by atoms with E-state index in [4.69, 9.17) is 0 Å². The Hall–Kier alpha value is -2.64. The molecule has 0 bridgehead atoms. The molecule has 1 unspecified atom stereocenters. The Morgan fingerprint density at radius 1 is 0.667 bits per heavy atom. The third kappa shape index (κ3) is 3.48. The van der Waals surface area contributed by atoms with Crippen LogP contribution in [0.15, 0.2) is 102 Å². The van der Waals surface area contributed by atoms with E-state index in [0.717, 1.165) is 0 Å². The molecule has 0 nitrogen and oxygen atoms in total. The molecular weight excluding hydrogens is 340 g/mol. The SMILES string of the molecule is CC1=C(c2ccc(C)cc2)C(C)C=C1[SiH](c1ccccc1)c1ccccc1. The highest BCUT2D eigenvalue weighted by Gasteiger charge is 2.29. The lowest BCUT2D eigenvalue weighted by atomic mass is 9.94. The summed E-state index contributed by atoms with van der Waals surface area (Å²) in [4.78, 5) is 0. The van der Waals surface area contributed by atoms with Crippen molar-refractivity contribution >= 4 is 24.7 Å². The predicted molar refractivity (Wildman–Crippen MR) is 120 cm³/mol. The van der Waals surface area contributed by atoms with Crippen molar-refractivity contribution in [2.75, 3.05) is 0 Å². The van der Waals surface area contributed by atoms with E-state index in [1.165, 1.54) is 32.6 Å². The van der Waals surface area contributed by atoms with Crippen LogP contribution in [-0.2, 0) is 0 Å². The molecule has 134 valence electrons. The zero-order valence-electron chi connectivity index (χ0n) is 16.3. The van der Waals surface area contributed by atoms with Crippen molar-refractivity contribution in [2.45, 2.75) is 20.8 Å². The Kier molecular flexibility index (Phi) is 4.96. The van der Waals surface area contributed by atoms with Crippen LogP contribution in [0.25, 0.3) is 5.57 Å². The summed E-state index contributed by atoms with van der Waals surface area (Å²) in [5, 5.41) is 4.56. The second kappa shape index (κ2) is 7.54.